The number of carbonyl (C=O) groups excluding carboxylic acids is 1. The number of sulfone groups is 1. The lowest BCUT2D eigenvalue weighted by atomic mass is 10.3. The van der Waals surface area contributed by atoms with Crippen molar-refractivity contribution >= 4 is 15.8 Å². The van der Waals surface area contributed by atoms with Gasteiger partial charge < -0.3 is 9.15 Å². The van der Waals surface area contributed by atoms with Crippen LogP contribution in [0.5, 0.6) is 0 Å². The number of halogens is 3. The topological polar surface area (TPSA) is 86.5 Å². The summed E-state index contributed by atoms with van der Waals surface area (Å²) in [6.07, 6.45) is -4.14. The molecule has 1 heterocycles. The van der Waals surface area contributed by atoms with Crippen LogP contribution in [0.15, 0.2) is 4.42 Å². The average Bonchev–Trinajstić information content (AvgIpc) is 2.58. The van der Waals surface area contributed by atoms with E-state index in [0.717, 1.165) is 6.26 Å². The van der Waals surface area contributed by atoms with Gasteiger partial charge in [-0.15, -0.1) is 0 Å². The van der Waals surface area contributed by atoms with Crippen molar-refractivity contribution in [2.24, 2.45) is 0 Å². The molecule has 0 radical (unpaired) electrons. The summed E-state index contributed by atoms with van der Waals surface area (Å²) in [5.41, 5.74) is -1.59. The number of rotatable bonds is 4. The van der Waals surface area contributed by atoms with Crippen LogP contribution in [-0.2, 0) is 26.5 Å². The van der Waals surface area contributed by atoms with Gasteiger partial charge in [0.2, 0.25) is 11.7 Å². The summed E-state index contributed by atoms with van der Waals surface area (Å²) in [5, 5.41) is 0. The van der Waals surface area contributed by atoms with Crippen LogP contribution in [0.2, 0.25) is 0 Å². The molecular formula is C9H10F3NO5S. The van der Waals surface area contributed by atoms with E-state index in [9.17, 15) is 26.4 Å². The maximum atomic E-state index is 12.6. The van der Waals surface area contributed by atoms with Crippen LogP contribution in [0.4, 0.5) is 13.2 Å². The Balaban J connectivity index is 3.24. The first-order valence-electron chi connectivity index (χ1n) is 4.96. The molecule has 19 heavy (non-hydrogen) atoms. The summed E-state index contributed by atoms with van der Waals surface area (Å²) < 4.78 is 68.7. The minimum absolute atomic E-state index is 0.155. The van der Waals surface area contributed by atoms with Crippen molar-refractivity contribution in [3.05, 3.63) is 17.3 Å². The molecule has 0 aliphatic heterocycles. The highest BCUT2D eigenvalue weighted by Gasteiger charge is 2.42. The van der Waals surface area contributed by atoms with Gasteiger partial charge >= 0.3 is 12.1 Å². The van der Waals surface area contributed by atoms with Crippen molar-refractivity contribution in [2.75, 3.05) is 12.9 Å². The van der Waals surface area contributed by atoms with Crippen LogP contribution in [-0.4, -0.2) is 32.2 Å². The van der Waals surface area contributed by atoms with E-state index >= 15 is 0 Å². The summed E-state index contributed by atoms with van der Waals surface area (Å²) >= 11 is 0. The third-order valence-electron chi connectivity index (χ3n) is 1.79. The molecule has 108 valence electrons. The Morgan fingerprint density at radius 2 is 2.00 bits per heavy atom. The van der Waals surface area contributed by atoms with Gasteiger partial charge in [0.25, 0.3) is 0 Å². The monoisotopic (exact) mass is 301 g/mol. The summed E-state index contributed by atoms with van der Waals surface area (Å²) in [6, 6.07) is 0. The third-order valence-corrected chi connectivity index (χ3v) is 2.56. The fraction of sp³-hybridized carbons (Fsp3) is 0.556. The number of ether oxygens (including phenoxy) is 1. The van der Waals surface area contributed by atoms with E-state index in [1.54, 1.807) is 0 Å². The molecule has 0 atom stereocenters. The van der Waals surface area contributed by atoms with Crippen LogP contribution >= 0.6 is 0 Å². The van der Waals surface area contributed by atoms with Crippen LogP contribution in [0.1, 0.15) is 29.1 Å². The van der Waals surface area contributed by atoms with Gasteiger partial charge in [0.1, 0.15) is 5.75 Å². The number of alkyl halides is 3. The molecule has 0 N–H and O–H groups in total. The van der Waals surface area contributed by atoms with Crippen molar-refractivity contribution in [3.8, 4) is 0 Å². The van der Waals surface area contributed by atoms with Crippen LogP contribution < -0.4 is 0 Å². The molecule has 0 bridgehead atoms. The highest BCUT2D eigenvalue weighted by Crippen LogP contribution is 2.32. The van der Waals surface area contributed by atoms with Gasteiger partial charge in [0.05, 0.1) is 6.61 Å². The standard InChI is InChI=1S/C9H10F3NO5S/c1-3-17-8(14)6-7(9(10,11)12)13-5(18-6)4-19(2,15)16/h3-4H2,1-2H3. The van der Waals surface area contributed by atoms with Crippen LogP contribution in [0.25, 0.3) is 0 Å². The van der Waals surface area contributed by atoms with Gasteiger partial charge in [0.15, 0.2) is 15.5 Å². The lowest BCUT2D eigenvalue weighted by Gasteiger charge is -2.03. The van der Waals surface area contributed by atoms with E-state index in [0.29, 0.717) is 0 Å². The molecule has 1 rings (SSSR count). The largest absolute Gasteiger partial charge is 0.460 e. The molecule has 10 heteroatoms. The molecule has 0 aliphatic carbocycles. The molecule has 0 unspecified atom stereocenters. The summed E-state index contributed by atoms with van der Waals surface area (Å²) in [7, 11) is -3.64. The minimum atomic E-state index is -4.94. The van der Waals surface area contributed by atoms with E-state index in [1.165, 1.54) is 6.92 Å². The molecule has 0 amide bonds. The zero-order chi connectivity index (χ0) is 14.8. The number of oxazole rings is 1. The van der Waals surface area contributed by atoms with E-state index in [2.05, 4.69) is 14.1 Å². The van der Waals surface area contributed by atoms with Gasteiger partial charge in [-0.2, -0.15) is 13.2 Å². The van der Waals surface area contributed by atoms with Gasteiger partial charge in [-0.1, -0.05) is 0 Å². The number of aromatic nitrogens is 1. The summed E-state index contributed by atoms with van der Waals surface area (Å²) in [4.78, 5) is 14.3. The SMILES string of the molecule is CCOC(=O)c1oc(CS(C)(=O)=O)nc1C(F)(F)F. The van der Waals surface area contributed by atoms with E-state index in [-0.39, 0.29) is 6.61 Å². The Hall–Kier alpha value is -1.58. The molecule has 0 saturated heterocycles. The number of nitrogens with zero attached hydrogens (tertiary/aromatic N) is 1. The van der Waals surface area contributed by atoms with E-state index in [1.807, 2.05) is 0 Å². The quantitative estimate of drug-likeness (QED) is 0.782. The van der Waals surface area contributed by atoms with Crippen LogP contribution in [0, 0.1) is 0 Å². The first-order valence-corrected chi connectivity index (χ1v) is 7.02. The normalized spacial score (nSPS) is 12.5. The Kier molecular flexibility index (Phi) is 4.23. The second-order valence-corrected chi connectivity index (χ2v) is 5.71. The average molecular weight is 301 g/mol. The molecule has 0 aromatic carbocycles. The van der Waals surface area contributed by atoms with E-state index in [4.69, 9.17) is 0 Å². The van der Waals surface area contributed by atoms with Crippen LogP contribution in [0.3, 0.4) is 0 Å². The number of hydrogen-bond acceptors (Lipinski definition) is 6. The molecule has 6 nitrogen and oxygen atoms in total. The Morgan fingerprint density at radius 3 is 2.42 bits per heavy atom. The molecule has 0 saturated carbocycles. The molecule has 1 aromatic rings. The second kappa shape index (κ2) is 5.19. The molecule has 0 aliphatic rings. The van der Waals surface area contributed by atoms with Crippen molar-refractivity contribution < 1.29 is 35.5 Å². The maximum Gasteiger partial charge on any atom is 0.437 e. The minimum Gasteiger partial charge on any atom is -0.460 e. The number of esters is 1. The van der Waals surface area contributed by atoms with Crippen molar-refractivity contribution in [3.63, 3.8) is 0 Å². The molecular weight excluding hydrogens is 291 g/mol. The first kappa shape index (κ1) is 15.5. The molecule has 1 aromatic heterocycles. The summed E-state index contributed by atoms with van der Waals surface area (Å²) in [5.74, 6) is -4.04. The molecule has 0 fully saturated rings. The zero-order valence-electron chi connectivity index (χ0n) is 9.94. The fourth-order valence-corrected chi connectivity index (χ4v) is 1.75. The maximum absolute atomic E-state index is 12.6. The summed E-state index contributed by atoms with van der Waals surface area (Å²) in [6.45, 7) is 1.25. The number of hydrogen-bond donors (Lipinski definition) is 0. The predicted molar refractivity (Wildman–Crippen MR) is 56.0 cm³/mol. The van der Waals surface area contributed by atoms with Gasteiger partial charge in [-0.05, 0) is 6.92 Å². The Bertz CT molecular complexity index is 575. The van der Waals surface area contributed by atoms with E-state index < -0.39 is 45.1 Å². The first-order chi connectivity index (χ1) is 8.54. The Morgan fingerprint density at radius 1 is 1.42 bits per heavy atom. The van der Waals surface area contributed by atoms with Gasteiger partial charge in [-0.3, -0.25) is 0 Å². The molecule has 0 spiro atoms. The zero-order valence-corrected chi connectivity index (χ0v) is 10.8. The highest BCUT2D eigenvalue weighted by molar-refractivity contribution is 7.89. The van der Waals surface area contributed by atoms with Gasteiger partial charge in [-0.25, -0.2) is 18.2 Å². The third kappa shape index (κ3) is 4.23. The van der Waals surface area contributed by atoms with Crippen molar-refractivity contribution in [2.45, 2.75) is 18.9 Å². The van der Waals surface area contributed by atoms with Gasteiger partial charge in [0, 0.05) is 6.26 Å². The lowest BCUT2D eigenvalue weighted by Crippen LogP contribution is -2.14. The Labute approximate surface area is 106 Å². The lowest BCUT2D eigenvalue weighted by molar-refractivity contribution is -0.141. The number of carbonyl (C=O) groups is 1. The smallest absolute Gasteiger partial charge is 0.437 e. The fourth-order valence-electron chi connectivity index (χ4n) is 1.18. The van der Waals surface area contributed by atoms with Crippen molar-refractivity contribution in [1.29, 1.82) is 0 Å². The predicted octanol–water partition coefficient (Wildman–Crippen LogP) is 1.41. The second-order valence-electron chi connectivity index (χ2n) is 3.57. The van der Waals surface area contributed by atoms with Crippen molar-refractivity contribution in [1.82, 2.24) is 4.98 Å². The highest BCUT2D eigenvalue weighted by atomic mass is 32.2.